The molecule has 1 aromatic carbocycles. The second kappa shape index (κ2) is 15.4. The average molecular weight is 536 g/mol. The van der Waals surface area contributed by atoms with E-state index in [4.69, 9.17) is 18.9 Å². The van der Waals surface area contributed by atoms with Crippen LogP contribution in [0.25, 0.3) is 0 Å². The SMILES string of the molecule is COCCOc1ccc(CCCOC(=O)NS(=O)(=O)NCCc2ccccn2)c(OC2CCCCC2)c1. The van der Waals surface area contributed by atoms with Gasteiger partial charge in [0.2, 0.25) is 0 Å². The fraction of sp³-hybridized carbons (Fsp3) is 0.538. The second-order valence-corrected chi connectivity index (χ2v) is 10.3. The van der Waals surface area contributed by atoms with Gasteiger partial charge in [-0.1, -0.05) is 18.6 Å². The lowest BCUT2D eigenvalue weighted by molar-refractivity contribution is 0.142. The van der Waals surface area contributed by atoms with Crippen molar-refractivity contribution in [1.82, 2.24) is 14.4 Å². The van der Waals surface area contributed by atoms with E-state index in [0.717, 1.165) is 42.7 Å². The number of carbonyl (C=O) groups excluding carboxylic acids is 1. The normalized spacial score (nSPS) is 14.2. The average Bonchev–Trinajstić information content (AvgIpc) is 2.88. The van der Waals surface area contributed by atoms with Crippen molar-refractivity contribution in [2.45, 2.75) is 57.5 Å². The lowest BCUT2D eigenvalue weighted by Crippen LogP contribution is -2.41. The summed E-state index contributed by atoms with van der Waals surface area (Å²) in [6.45, 7) is 1.11. The highest BCUT2D eigenvalue weighted by atomic mass is 32.2. The summed E-state index contributed by atoms with van der Waals surface area (Å²) < 4.78 is 50.5. The second-order valence-electron chi connectivity index (χ2n) is 8.80. The molecule has 204 valence electrons. The van der Waals surface area contributed by atoms with Gasteiger partial charge in [0.15, 0.2) is 0 Å². The maximum Gasteiger partial charge on any atom is 0.421 e. The molecular weight excluding hydrogens is 498 g/mol. The number of aromatic nitrogens is 1. The maximum absolute atomic E-state index is 12.1. The van der Waals surface area contributed by atoms with E-state index in [2.05, 4.69) is 9.71 Å². The van der Waals surface area contributed by atoms with Crippen LogP contribution in [0.1, 0.15) is 49.8 Å². The van der Waals surface area contributed by atoms with Crippen molar-refractivity contribution in [2.75, 3.05) is 33.5 Å². The molecule has 2 aromatic rings. The molecule has 37 heavy (non-hydrogen) atoms. The summed E-state index contributed by atoms with van der Waals surface area (Å²) in [6, 6.07) is 11.1. The van der Waals surface area contributed by atoms with Gasteiger partial charge < -0.3 is 18.9 Å². The van der Waals surface area contributed by atoms with Crippen LogP contribution in [0.5, 0.6) is 11.5 Å². The molecule has 3 rings (SSSR count). The van der Waals surface area contributed by atoms with Gasteiger partial charge in [0.05, 0.1) is 19.3 Å². The van der Waals surface area contributed by atoms with E-state index in [1.54, 1.807) is 25.4 Å². The number of nitrogens with zero attached hydrogens (tertiary/aromatic N) is 1. The van der Waals surface area contributed by atoms with Crippen LogP contribution in [0.15, 0.2) is 42.6 Å². The number of aryl methyl sites for hydroxylation is 1. The van der Waals surface area contributed by atoms with Crippen LogP contribution < -0.4 is 18.9 Å². The van der Waals surface area contributed by atoms with Gasteiger partial charge in [-0.2, -0.15) is 13.1 Å². The minimum absolute atomic E-state index is 0.0598. The number of amides is 1. The van der Waals surface area contributed by atoms with E-state index in [9.17, 15) is 13.2 Å². The zero-order chi connectivity index (χ0) is 26.3. The largest absolute Gasteiger partial charge is 0.491 e. The van der Waals surface area contributed by atoms with Gasteiger partial charge in [-0.25, -0.2) is 9.52 Å². The minimum Gasteiger partial charge on any atom is -0.491 e. The van der Waals surface area contributed by atoms with Crippen molar-refractivity contribution >= 4 is 16.3 Å². The van der Waals surface area contributed by atoms with Crippen LogP contribution in [0.3, 0.4) is 0 Å². The zero-order valence-corrected chi connectivity index (χ0v) is 22.1. The first kappa shape index (κ1) is 28.7. The molecule has 0 atom stereocenters. The van der Waals surface area contributed by atoms with E-state index < -0.39 is 16.3 Å². The summed E-state index contributed by atoms with van der Waals surface area (Å²) in [5.74, 6) is 1.48. The molecule has 1 heterocycles. The maximum atomic E-state index is 12.1. The Kier molecular flexibility index (Phi) is 11.9. The molecule has 1 aliphatic carbocycles. The first-order valence-corrected chi connectivity index (χ1v) is 14.2. The smallest absolute Gasteiger partial charge is 0.421 e. The minimum atomic E-state index is -4.02. The van der Waals surface area contributed by atoms with E-state index in [1.807, 2.05) is 29.0 Å². The third-order valence-electron chi connectivity index (χ3n) is 5.88. The van der Waals surface area contributed by atoms with Crippen molar-refractivity contribution in [3.05, 3.63) is 53.9 Å². The summed E-state index contributed by atoms with van der Waals surface area (Å²) >= 11 is 0. The molecule has 0 radical (unpaired) electrons. The number of benzene rings is 1. The molecule has 0 bridgehead atoms. The molecule has 2 N–H and O–H groups in total. The molecule has 11 heteroatoms. The molecule has 0 unspecified atom stereocenters. The van der Waals surface area contributed by atoms with Crippen molar-refractivity contribution in [3.63, 3.8) is 0 Å². The third-order valence-corrected chi connectivity index (χ3v) is 6.90. The molecule has 0 aliphatic heterocycles. The molecule has 1 saturated carbocycles. The van der Waals surface area contributed by atoms with Gasteiger partial charge in [0.25, 0.3) is 0 Å². The molecule has 0 saturated heterocycles. The Bertz CT molecular complexity index is 1060. The fourth-order valence-electron chi connectivity index (χ4n) is 4.01. The summed E-state index contributed by atoms with van der Waals surface area (Å²) in [7, 11) is -2.40. The number of nitrogens with one attached hydrogen (secondary N) is 2. The standard InChI is InChI=1S/C26H37N3O7S/c1-33-18-19-34-24-13-12-21(25(20-24)36-23-10-3-2-4-11-23)8-7-17-35-26(30)29-37(31,32)28-16-14-22-9-5-6-15-27-22/h5-6,9,12-13,15,20,23,28H,2-4,7-8,10-11,14,16-19H2,1H3,(H,29,30). The first-order chi connectivity index (χ1) is 17.9. The Labute approximate surface area is 219 Å². The van der Waals surface area contributed by atoms with Crippen LogP contribution in [0, 0.1) is 0 Å². The van der Waals surface area contributed by atoms with Gasteiger partial charge in [-0.3, -0.25) is 4.98 Å². The van der Waals surface area contributed by atoms with Crippen LogP contribution in [0.4, 0.5) is 4.79 Å². The summed E-state index contributed by atoms with van der Waals surface area (Å²) in [6.07, 6.45) is 7.92. The number of pyridine rings is 1. The Morgan fingerprint density at radius 1 is 1.05 bits per heavy atom. The van der Waals surface area contributed by atoms with Crippen molar-refractivity contribution in [1.29, 1.82) is 0 Å². The highest BCUT2D eigenvalue weighted by Gasteiger charge is 2.18. The van der Waals surface area contributed by atoms with Gasteiger partial charge in [0, 0.05) is 38.0 Å². The molecule has 1 aliphatic rings. The Balaban J connectivity index is 1.44. The van der Waals surface area contributed by atoms with E-state index >= 15 is 0 Å². The molecule has 0 spiro atoms. The van der Waals surface area contributed by atoms with E-state index in [-0.39, 0.29) is 19.3 Å². The molecule has 1 aromatic heterocycles. The Hall–Kier alpha value is -2.89. The number of methoxy groups -OCH3 is 1. The molecule has 1 fully saturated rings. The number of hydrogen-bond donors (Lipinski definition) is 2. The van der Waals surface area contributed by atoms with Crippen LogP contribution in [-0.4, -0.2) is 59.1 Å². The van der Waals surface area contributed by atoms with Crippen molar-refractivity contribution in [2.24, 2.45) is 0 Å². The summed E-state index contributed by atoms with van der Waals surface area (Å²) in [4.78, 5) is 16.1. The van der Waals surface area contributed by atoms with Gasteiger partial charge in [-0.15, -0.1) is 0 Å². The van der Waals surface area contributed by atoms with E-state index in [0.29, 0.717) is 38.2 Å². The van der Waals surface area contributed by atoms with Crippen LogP contribution in [0.2, 0.25) is 0 Å². The fourth-order valence-corrected chi connectivity index (χ4v) is 4.73. The van der Waals surface area contributed by atoms with Crippen molar-refractivity contribution in [3.8, 4) is 11.5 Å². The first-order valence-electron chi connectivity index (χ1n) is 12.7. The topological polar surface area (TPSA) is 125 Å². The van der Waals surface area contributed by atoms with Gasteiger partial charge in [0.1, 0.15) is 18.1 Å². The predicted molar refractivity (Wildman–Crippen MR) is 139 cm³/mol. The highest BCUT2D eigenvalue weighted by Crippen LogP contribution is 2.30. The molecular formula is C26H37N3O7S. The summed E-state index contributed by atoms with van der Waals surface area (Å²) in [5, 5.41) is 0. The summed E-state index contributed by atoms with van der Waals surface area (Å²) in [5.41, 5.74) is 1.73. The lowest BCUT2D eigenvalue weighted by atomic mass is 9.97. The Morgan fingerprint density at radius 3 is 2.65 bits per heavy atom. The van der Waals surface area contributed by atoms with Gasteiger partial charge in [-0.05, 0) is 62.3 Å². The highest BCUT2D eigenvalue weighted by molar-refractivity contribution is 7.88. The lowest BCUT2D eigenvalue weighted by Gasteiger charge is -2.24. The monoisotopic (exact) mass is 535 g/mol. The quantitative estimate of drug-likeness (QED) is 0.332. The van der Waals surface area contributed by atoms with Crippen molar-refractivity contribution < 1.29 is 32.2 Å². The number of carbonyl (C=O) groups is 1. The number of ether oxygens (including phenoxy) is 4. The van der Waals surface area contributed by atoms with Crippen LogP contribution in [-0.2, 0) is 32.5 Å². The molecule has 1 amide bonds. The number of hydrogen-bond acceptors (Lipinski definition) is 8. The predicted octanol–water partition coefficient (Wildman–Crippen LogP) is 3.55. The Morgan fingerprint density at radius 2 is 1.89 bits per heavy atom. The van der Waals surface area contributed by atoms with Crippen LogP contribution >= 0.6 is 0 Å². The van der Waals surface area contributed by atoms with Gasteiger partial charge >= 0.3 is 16.3 Å². The van der Waals surface area contributed by atoms with E-state index in [1.165, 1.54) is 6.42 Å². The number of rotatable bonds is 15. The molecule has 10 nitrogen and oxygen atoms in total. The third kappa shape index (κ3) is 10.9. The zero-order valence-electron chi connectivity index (χ0n) is 21.3.